The Bertz CT molecular complexity index is 774. The normalized spacial score (nSPS) is 26.0. The number of amidine groups is 1. The highest BCUT2D eigenvalue weighted by Crippen LogP contribution is 2.41. The highest BCUT2D eigenvalue weighted by atomic mass is 32.2. The monoisotopic (exact) mass is 382 g/mol. The molecule has 0 bridgehead atoms. The van der Waals surface area contributed by atoms with Gasteiger partial charge in [-0.15, -0.1) is 0 Å². The van der Waals surface area contributed by atoms with Gasteiger partial charge >= 0.3 is 0 Å². The average Bonchev–Trinajstić information content (AvgIpc) is 3.00. The number of carbonyl (C=O) groups excluding carboxylic acids is 1. The van der Waals surface area contributed by atoms with Crippen LogP contribution in [0.25, 0.3) is 0 Å². The number of anilines is 1. The van der Waals surface area contributed by atoms with Crippen LogP contribution < -0.4 is 9.64 Å². The molecule has 2 heterocycles. The molecule has 0 saturated carbocycles. The van der Waals surface area contributed by atoms with E-state index in [0.29, 0.717) is 18.2 Å². The summed E-state index contributed by atoms with van der Waals surface area (Å²) in [5.74, 6) is 0.827. The molecule has 2 saturated heterocycles. The molecular weight excluding hydrogens is 360 g/mol. The van der Waals surface area contributed by atoms with Crippen molar-refractivity contribution in [1.29, 1.82) is 0 Å². The second-order valence-corrected chi connectivity index (χ2v) is 9.50. The van der Waals surface area contributed by atoms with E-state index in [4.69, 9.17) is 4.74 Å². The van der Waals surface area contributed by atoms with Gasteiger partial charge in [0, 0.05) is 17.4 Å². The first-order valence-electron chi connectivity index (χ1n) is 8.44. The lowest BCUT2D eigenvalue weighted by atomic mass is 10.2. The van der Waals surface area contributed by atoms with Crippen molar-refractivity contribution >= 4 is 38.4 Å². The van der Waals surface area contributed by atoms with E-state index in [1.165, 1.54) is 11.8 Å². The van der Waals surface area contributed by atoms with Crippen LogP contribution in [0.1, 0.15) is 26.7 Å². The first-order valence-corrected chi connectivity index (χ1v) is 11.1. The maximum absolute atomic E-state index is 12.0. The number of amides is 1. The Balaban J connectivity index is 1.93. The molecule has 136 valence electrons. The lowest BCUT2D eigenvalue weighted by Crippen LogP contribution is -2.37. The summed E-state index contributed by atoms with van der Waals surface area (Å²) < 4.78 is 29.5. The van der Waals surface area contributed by atoms with Crippen LogP contribution in [0.15, 0.2) is 29.3 Å². The van der Waals surface area contributed by atoms with Gasteiger partial charge in [-0.3, -0.25) is 4.79 Å². The van der Waals surface area contributed by atoms with Gasteiger partial charge in [-0.2, -0.15) is 4.99 Å². The molecule has 25 heavy (non-hydrogen) atoms. The first kappa shape index (κ1) is 18.3. The summed E-state index contributed by atoms with van der Waals surface area (Å²) >= 11 is 1.40. The van der Waals surface area contributed by atoms with E-state index >= 15 is 0 Å². The Morgan fingerprint density at radius 1 is 1.28 bits per heavy atom. The number of hydrogen-bond acceptors (Lipinski definition) is 5. The molecule has 2 atom stereocenters. The molecule has 0 N–H and O–H groups in total. The highest BCUT2D eigenvalue weighted by molar-refractivity contribution is 8.16. The van der Waals surface area contributed by atoms with Crippen molar-refractivity contribution in [2.24, 2.45) is 4.99 Å². The molecule has 2 aliphatic rings. The standard InChI is InChI=1S/C17H22N2O4S2/c1-3-5-16(20)18-17-19(12-6-8-13(9-7-12)23-4-2)14-10-25(21,22)11-15(14)24-17/h6-9,14-15H,3-5,10-11H2,1-2H3/t14-,15-/m0/s1. The Labute approximate surface area is 152 Å². The first-order chi connectivity index (χ1) is 11.9. The molecule has 1 aromatic rings. The molecule has 0 radical (unpaired) electrons. The summed E-state index contributed by atoms with van der Waals surface area (Å²) in [7, 11) is -3.05. The summed E-state index contributed by atoms with van der Waals surface area (Å²) in [6, 6.07) is 7.30. The molecule has 0 aliphatic carbocycles. The van der Waals surface area contributed by atoms with Gasteiger partial charge in [0.2, 0.25) is 5.91 Å². The largest absolute Gasteiger partial charge is 0.494 e. The number of nitrogens with zero attached hydrogens (tertiary/aromatic N) is 2. The molecule has 3 rings (SSSR count). The number of benzene rings is 1. The Hall–Kier alpha value is -1.54. The molecule has 8 heteroatoms. The lowest BCUT2D eigenvalue weighted by Gasteiger charge is -2.24. The van der Waals surface area contributed by atoms with Crippen LogP contribution in [-0.2, 0) is 14.6 Å². The third kappa shape index (κ3) is 4.00. The minimum absolute atomic E-state index is 0.0789. The summed E-state index contributed by atoms with van der Waals surface area (Å²) in [6.07, 6.45) is 1.14. The van der Waals surface area contributed by atoms with E-state index in [0.717, 1.165) is 17.9 Å². The fourth-order valence-electron chi connectivity index (χ4n) is 3.11. The van der Waals surface area contributed by atoms with E-state index in [2.05, 4.69) is 4.99 Å². The number of ether oxygens (including phenoxy) is 1. The quantitative estimate of drug-likeness (QED) is 0.779. The summed E-state index contributed by atoms with van der Waals surface area (Å²) in [4.78, 5) is 18.2. The smallest absolute Gasteiger partial charge is 0.248 e. The zero-order chi connectivity index (χ0) is 18.0. The zero-order valence-electron chi connectivity index (χ0n) is 14.3. The molecule has 2 fully saturated rings. The van der Waals surface area contributed by atoms with Gasteiger partial charge in [0.05, 0.1) is 24.2 Å². The number of thioether (sulfide) groups is 1. The molecule has 0 unspecified atom stereocenters. The van der Waals surface area contributed by atoms with Crippen LogP contribution in [-0.4, -0.2) is 48.9 Å². The number of hydrogen-bond donors (Lipinski definition) is 0. The molecule has 6 nitrogen and oxygen atoms in total. The molecule has 0 aromatic heterocycles. The number of aliphatic imine (C=N–C) groups is 1. The van der Waals surface area contributed by atoms with Crippen LogP contribution in [0, 0.1) is 0 Å². The Kier molecular flexibility index (Phi) is 5.38. The van der Waals surface area contributed by atoms with Crippen molar-refractivity contribution in [3.8, 4) is 5.75 Å². The van der Waals surface area contributed by atoms with Gasteiger partial charge < -0.3 is 9.64 Å². The predicted molar refractivity (Wildman–Crippen MR) is 101 cm³/mol. The second-order valence-electron chi connectivity index (χ2n) is 6.14. The lowest BCUT2D eigenvalue weighted by molar-refractivity contribution is -0.117. The van der Waals surface area contributed by atoms with Gasteiger partial charge in [-0.1, -0.05) is 18.7 Å². The molecule has 1 amide bonds. The van der Waals surface area contributed by atoms with Crippen LogP contribution >= 0.6 is 11.8 Å². The van der Waals surface area contributed by atoms with E-state index in [-0.39, 0.29) is 28.7 Å². The van der Waals surface area contributed by atoms with Gasteiger partial charge in [0.15, 0.2) is 15.0 Å². The van der Waals surface area contributed by atoms with Crippen LogP contribution in [0.2, 0.25) is 0 Å². The number of carbonyl (C=O) groups is 1. The summed E-state index contributed by atoms with van der Waals surface area (Å²) in [6.45, 7) is 4.44. The van der Waals surface area contributed by atoms with Crippen LogP contribution in [0.4, 0.5) is 5.69 Å². The van der Waals surface area contributed by atoms with E-state index in [1.54, 1.807) is 0 Å². The molecule has 2 aliphatic heterocycles. The van der Waals surface area contributed by atoms with Crippen molar-refractivity contribution < 1.29 is 17.9 Å². The number of rotatable bonds is 5. The van der Waals surface area contributed by atoms with Crippen LogP contribution in [0.3, 0.4) is 0 Å². The number of sulfone groups is 1. The van der Waals surface area contributed by atoms with Crippen molar-refractivity contribution in [1.82, 2.24) is 0 Å². The second kappa shape index (κ2) is 7.37. The summed E-state index contributed by atoms with van der Waals surface area (Å²) in [5, 5.41) is 0.525. The fraction of sp³-hybridized carbons (Fsp3) is 0.529. The molecule has 1 aromatic carbocycles. The molecular formula is C17H22N2O4S2. The Morgan fingerprint density at radius 2 is 2.00 bits per heavy atom. The van der Waals surface area contributed by atoms with Gasteiger partial charge in [-0.05, 0) is 37.6 Å². The van der Waals surface area contributed by atoms with Crippen molar-refractivity contribution in [2.45, 2.75) is 38.0 Å². The van der Waals surface area contributed by atoms with Gasteiger partial charge in [-0.25, -0.2) is 8.42 Å². The van der Waals surface area contributed by atoms with Crippen molar-refractivity contribution in [3.05, 3.63) is 24.3 Å². The van der Waals surface area contributed by atoms with Gasteiger partial charge in [0.1, 0.15) is 5.75 Å². The highest BCUT2D eigenvalue weighted by Gasteiger charge is 2.49. The minimum atomic E-state index is -3.05. The third-order valence-electron chi connectivity index (χ3n) is 4.18. The van der Waals surface area contributed by atoms with E-state index in [1.807, 2.05) is 43.0 Å². The van der Waals surface area contributed by atoms with E-state index < -0.39 is 9.84 Å². The predicted octanol–water partition coefficient (Wildman–Crippen LogP) is 2.49. The van der Waals surface area contributed by atoms with Crippen molar-refractivity contribution in [3.63, 3.8) is 0 Å². The Morgan fingerprint density at radius 3 is 2.64 bits per heavy atom. The topological polar surface area (TPSA) is 76.0 Å². The van der Waals surface area contributed by atoms with E-state index in [9.17, 15) is 13.2 Å². The van der Waals surface area contributed by atoms with Gasteiger partial charge in [0.25, 0.3) is 0 Å². The SMILES string of the molecule is CCCC(=O)N=C1S[C@H]2CS(=O)(=O)C[C@@H]2N1c1ccc(OCC)cc1. The number of fused-ring (bicyclic) bond motifs is 1. The van der Waals surface area contributed by atoms with Crippen molar-refractivity contribution in [2.75, 3.05) is 23.0 Å². The third-order valence-corrected chi connectivity index (χ3v) is 7.39. The van der Waals surface area contributed by atoms with Crippen LogP contribution in [0.5, 0.6) is 5.75 Å². The average molecular weight is 383 g/mol. The zero-order valence-corrected chi connectivity index (χ0v) is 16.0. The fourth-order valence-corrected chi connectivity index (χ4v) is 7.04. The molecule has 0 spiro atoms. The minimum Gasteiger partial charge on any atom is -0.494 e. The maximum atomic E-state index is 12.0. The summed E-state index contributed by atoms with van der Waals surface area (Å²) in [5.41, 5.74) is 0.837. The maximum Gasteiger partial charge on any atom is 0.248 e.